The third-order valence-electron chi connectivity index (χ3n) is 3.51. The second-order valence-electron chi connectivity index (χ2n) is 5.51. The number of aryl methyl sites for hydroxylation is 1. The molecule has 0 aliphatic rings. The predicted molar refractivity (Wildman–Crippen MR) is 89.1 cm³/mol. The van der Waals surface area contributed by atoms with E-state index in [9.17, 15) is 8.42 Å². The van der Waals surface area contributed by atoms with Gasteiger partial charge in [-0.3, -0.25) is 4.72 Å². The van der Waals surface area contributed by atoms with Gasteiger partial charge in [0.1, 0.15) is 5.75 Å². The summed E-state index contributed by atoms with van der Waals surface area (Å²) in [6.45, 7) is 6.22. The molecule has 0 aliphatic heterocycles. The van der Waals surface area contributed by atoms with E-state index in [-0.39, 0.29) is 4.90 Å². The number of methoxy groups -OCH3 is 1. The van der Waals surface area contributed by atoms with Crippen molar-refractivity contribution in [3.63, 3.8) is 0 Å². The molecule has 0 aliphatic carbocycles. The lowest BCUT2D eigenvalue weighted by Gasteiger charge is -2.13. The molecular weight excluding hydrogens is 298 g/mol. The average molecular weight is 319 g/mol. The van der Waals surface area contributed by atoms with Crippen LogP contribution in [0.5, 0.6) is 5.75 Å². The van der Waals surface area contributed by atoms with E-state index in [1.54, 1.807) is 25.3 Å². The van der Waals surface area contributed by atoms with Crippen LogP contribution in [0.3, 0.4) is 0 Å². The van der Waals surface area contributed by atoms with E-state index in [1.165, 1.54) is 17.7 Å². The highest BCUT2D eigenvalue weighted by Gasteiger charge is 2.15. The lowest BCUT2D eigenvalue weighted by molar-refractivity contribution is 0.414. The Labute approximate surface area is 132 Å². The van der Waals surface area contributed by atoms with Crippen LogP contribution in [0.15, 0.2) is 47.4 Å². The lowest BCUT2D eigenvalue weighted by Crippen LogP contribution is -2.13. The number of hydrogen-bond acceptors (Lipinski definition) is 3. The average Bonchev–Trinajstić information content (AvgIpc) is 2.46. The predicted octanol–water partition coefficient (Wildman–Crippen LogP) is 3.93. The van der Waals surface area contributed by atoms with Crippen LogP contribution in [0.1, 0.15) is 30.9 Å². The smallest absolute Gasteiger partial charge is 0.261 e. The van der Waals surface area contributed by atoms with Gasteiger partial charge in [0.25, 0.3) is 10.0 Å². The van der Waals surface area contributed by atoms with Crippen LogP contribution in [0.25, 0.3) is 0 Å². The Bertz CT molecular complexity index is 750. The van der Waals surface area contributed by atoms with Crippen molar-refractivity contribution in [1.82, 2.24) is 0 Å². The van der Waals surface area contributed by atoms with E-state index < -0.39 is 10.0 Å². The summed E-state index contributed by atoms with van der Waals surface area (Å²) in [5.74, 6) is 1.03. The molecule has 0 saturated heterocycles. The molecule has 2 rings (SSSR count). The van der Waals surface area contributed by atoms with Gasteiger partial charge in [0.15, 0.2) is 0 Å². The molecule has 0 atom stereocenters. The Morgan fingerprint density at radius 2 is 1.68 bits per heavy atom. The largest absolute Gasteiger partial charge is 0.497 e. The number of ether oxygens (including phenoxy) is 1. The zero-order valence-electron chi connectivity index (χ0n) is 13.3. The van der Waals surface area contributed by atoms with Gasteiger partial charge in [-0.25, -0.2) is 8.42 Å². The SMILES string of the molecule is COc1ccc(S(=O)(=O)Nc2ccc(C(C)C)c(C)c2)cc1. The van der Waals surface area contributed by atoms with Crippen LogP contribution in [-0.4, -0.2) is 15.5 Å². The van der Waals surface area contributed by atoms with E-state index in [1.807, 2.05) is 19.1 Å². The summed E-state index contributed by atoms with van der Waals surface area (Å²) in [4.78, 5) is 0.207. The van der Waals surface area contributed by atoms with E-state index >= 15 is 0 Å². The molecule has 0 radical (unpaired) electrons. The molecule has 0 spiro atoms. The Balaban J connectivity index is 2.26. The van der Waals surface area contributed by atoms with Gasteiger partial charge in [0.2, 0.25) is 0 Å². The fourth-order valence-electron chi connectivity index (χ4n) is 2.36. The topological polar surface area (TPSA) is 55.4 Å². The van der Waals surface area contributed by atoms with Crippen LogP contribution in [0, 0.1) is 6.92 Å². The van der Waals surface area contributed by atoms with Crippen LogP contribution in [-0.2, 0) is 10.0 Å². The molecule has 4 nitrogen and oxygen atoms in total. The van der Waals surface area contributed by atoms with Crippen molar-refractivity contribution in [3.8, 4) is 5.75 Å². The Kier molecular flexibility index (Phi) is 4.76. The van der Waals surface area contributed by atoms with Crippen LogP contribution >= 0.6 is 0 Å². The highest BCUT2D eigenvalue weighted by Crippen LogP contribution is 2.24. The van der Waals surface area contributed by atoms with E-state index in [2.05, 4.69) is 18.6 Å². The number of nitrogens with one attached hydrogen (secondary N) is 1. The molecule has 0 fully saturated rings. The van der Waals surface area contributed by atoms with Crippen molar-refractivity contribution in [3.05, 3.63) is 53.6 Å². The maximum atomic E-state index is 12.4. The van der Waals surface area contributed by atoms with Gasteiger partial charge >= 0.3 is 0 Å². The van der Waals surface area contributed by atoms with Crippen LogP contribution < -0.4 is 9.46 Å². The minimum absolute atomic E-state index is 0.207. The lowest BCUT2D eigenvalue weighted by atomic mass is 9.98. The number of sulfonamides is 1. The maximum absolute atomic E-state index is 12.4. The summed E-state index contributed by atoms with van der Waals surface area (Å²) in [7, 11) is -2.05. The molecule has 0 aromatic heterocycles. The highest BCUT2D eigenvalue weighted by atomic mass is 32.2. The molecule has 0 amide bonds. The molecule has 22 heavy (non-hydrogen) atoms. The van der Waals surface area contributed by atoms with E-state index in [0.29, 0.717) is 17.4 Å². The Morgan fingerprint density at radius 3 is 2.18 bits per heavy atom. The van der Waals surface area contributed by atoms with Gasteiger partial charge in [0, 0.05) is 5.69 Å². The number of benzene rings is 2. The summed E-state index contributed by atoms with van der Waals surface area (Å²) in [6.07, 6.45) is 0. The van der Waals surface area contributed by atoms with Gasteiger partial charge < -0.3 is 4.74 Å². The van der Waals surface area contributed by atoms with Crippen molar-refractivity contribution in [2.75, 3.05) is 11.8 Å². The second-order valence-corrected chi connectivity index (χ2v) is 7.19. The molecule has 2 aromatic carbocycles. The molecular formula is C17H21NO3S. The third-order valence-corrected chi connectivity index (χ3v) is 4.91. The minimum atomic E-state index is -3.59. The van der Waals surface area contributed by atoms with E-state index in [4.69, 9.17) is 4.74 Å². The summed E-state index contributed by atoms with van der Waals surface area (Å²) in [6, 6.07) is 11.9. The fourth-order valence-corrected chi connectivity index (χ4v) is 3.41. The van der Waals surface area contributed by atoms with Crippen molar-refractivity contribution in [2.24, 2.45) is 0 Å². The van der Waals surface area contributed by atoms with Gasteiger partial charge in [-0.2, -0.15) is 0 Å². The zero-order valence-corrected chi connectivity index (χ0v) is 14.1. The Morgan fingerprint density at radius 1 is 1.05 bits per heavy atom. The molecule has 0 unspecified atom stereocenters. The van der Waals surface area contributed by atoms with Crippen molar-refractivity contribution >= 4 is 15.7 Å². The monoisotopic (exact) mass is 319 g/mol. The first-order chi connectivity index (χ1) is 10.3. The third kappa shape index (κ3) is 3.60. The highest BCUT2D eigenvalue weighted by molar-refractivity contribution is 7.92. The summed E-state index contributed by atoms with van der Waals surface area (Å²) < 4.78 is 32.4. The number of anilines is 1. The number of rotatable bonds is 5. The zero-order chi connectivity index (χ0) is 16.3. The first-order valence-electron chi connectivity index (χ1n) is 7.11. The van der Waals surface area contributed by atoms with E-state index in [0.717, 1.165) is 5.56 Å². The quantitative estimate of drug-likeness (QED) is 0.908. The molecule has 0 bridgehead atoms. The number of hydrogen-bond donors (Lipinski definition) is 1. The minimum Gasteiger partial charge on any atom is -0.497 e. The van der Waals surface area contributed by atoms with Crippen LogP contribution in [0.2, 0.25) is 0 Å². The first kappa shape index (κ1) is 16.4. The first-order valence-corrected chi connectivity index (χ1v) is 8.59. The summed E-state index contributed by atoms with van der Waals surface area (Å²) in [5.41, 5.74) is 2.86. The van der Waals surface area contributed by atoms with Gasteiger partial charge in [-0.1, -0.05) is 19.9 Å². The van der Waals surface area contributed by atoms with Gasteiger partial charge in [-0.15, -0.1) is 0 Å². The molecule has 0 saturated carbocycles. The summed E-state index contributed by atoms with van der Waals surface area (Å²) in [5, 5.41) is 0. The van der Waals surface area contributed by atoms with Crippen molar-refractivity contribution in [1.29, 1.82) is 0 Å². The van der Waals surface area contributed by atoms with Crippen molar-refractivity contribution in [2.45, 2.75) is 31.6 Å². The van der Waals surface area contributed by atoms with Gasteiger partial charge in [-0.05, 0) is 60.4 Å². The van der Waals surface area contributed by atoms with Crippen LogP contribution in [0.4, 0.5) is 5.69 Å². The van der Waals surface area contributed by atoms with Gasteiger partial charge in [0.05, 0.1) is 12.0 Å². The molecule has 118 valence electrons. The standard InChI is InChI=1S/C17H21NO3S/c1-12(2)17-10-5-14(11-13(17)3)18-22(19,20)16-8-6-15(21-4)7-9-16/h5-12,18H,1-4H3. The maximum Gasteiger partial charge on any atom is 0.261 e. The normalized spacial score (nSPS) is 11.5. The fraction of sp³-hybridized carbons (Fsp3) is 0.294. The molecule has 5 heteroatoms. The molecule has 0 heterocycles. The molecule has 1 N–H and O–H groups in total. The Hall–Kier alpha value is -2.01. The molecule has 2 aromatic rings. The second kappa shape index (κ2) is 6.40. The summed E-state index contributed by atoms with van der Waals surface area (Å²) >= 11 is 0. The van der Waals surface area contributed by atoms with Crippen molar-refractivity contribution < 1.29 is 13.2 Å².